The van der Waals surface area contributed by atoms with Crippen LogP contribution in [0, 0.1) is 27.7 Å². The van der Waals surface area contributed by atoms with Crippen LogP contribution >= 0.6 is 18.8 Å². The van der Waals surface area contributed by atoms with Crippen molar-refractivity contribution in [1.29, 1.82) is 0 Å². The number of benzene rings is 3. The molecule has 11 rings (SSSR count). The Balaban J connectivity index is 0.831. The predicted molar refractivity (Wildman–Crippen MR) is 356 cm³/mol. The Hall–Kier alpha value is -5.86. The topological polar surface area (TPSA) is 360 Å². The van der Waals surface area contributed by atoms with Gasteiger partial charge < -0.3 is 0 Å². The second-order valence-corrected chi connectivity index (χ2v) is 36.1. The van der Waals surface area contributed by atoms with Crippen molar-refractivity contribution in [2.45, 2.75) is 133 Å². The van der Waals surface area contributed by atoms with E-state index in [1.807, 2.05) is 54.6 Å². The summed E-state index contributed by atoms with van der Waals surface area (Å²) in [5.74, 6) is 1.11. The minimum atomic E-state index is -4.82. The first kappa shape index (κ1) is 75.3. The fourth-order valence-corrected chi connectivity index (χ4v) is 18.0. The van der Waals surface area contributed by atoms with Crippen LogP contribution in [0.1, 0.15) is 89.5 Å². The molecule has 4 aliphatic rings. The molecule has 4 fully saturated rings. The van der Waals surface area contributed by atoms with Crippen LogP contribution in [-0.2, 0) is 56.4 Å². The normalized spacial score (nSPS) is 25.7. The van der Waals surface area contributed by atoms with Gasteiger partial charge in [0, 0.05) is 0 Å². The molecule has 0 saturated carbocycles. The van der Waals surface area contributed by atoms with Gasteiger partial charge in [0.25, 0.3) is 0 Å². The number of aromatic amines is 4. The molecule has 0 spiro atoms. The first-order chi connectivity index (χ1) is 47.4. The van der Waals surface area contributed by atoms with Crippen LogP contribution in [0.25, 0.3) is 0 Å². The van der Waals surface area contributed by atoms with Gasteiger partial charge in [0.05, 0.1) is 14.2 Å². The number of nitrogens with one attached hydrogen (secondary N) is 4. The van der Waals surface area contributed by atoms with E-state index in [1.165, 1.54) is 66.7 Å². The molecule has 100 heavy (non-hydrogen) atoms. The van der Waals surface area contributed by atoms with Gasteiger partial charge in [-0.1, -0.05) is 0 Å². The van der Waals surface area contributed by atoms with Gasteiger partial charge in [-0.3, -0.25) is 0 Å². The van der Waals surface area contributed by atoms with Crippen LogP contribution < -0.4 is 54.5 Å². The van der Waals surface area contributed by atoms with Crippen LogP contribution in [0.4, 0.5) is 12.6 Å². The molecule has 7 aromatic rings. The Bertz CT molecular complexity index is 4770. The summed E-state index contributed by atoms with van der Waals surface area (Å²) in [7, 11) is 3.06. The van der Waals surface area contributed by atoms with Crippen LogP contribution in [0.5, 0.6) is 11.5 Å². The standard InChI is InChI=1S/C61H68F3N8O22P3Se3/c1-32-24-69(57(78)65-53(32)74)49-20-41(73)45(88-49)29-85-95(62,98)93-43-22-51(71-26-34(3)55(76)67-59(71)80)90-47(43)31-87-97(64,100)94-44-23-52(72-27-35(4)56(77)68-60(72)81)91-48(44)30-86-96(63,99)92-42-21-50(70-25-33(2)54(75)66-58(70)79)89-46(42)28-84-61(36-10-8-7-9-11-36,37-12-16-39(82-5)17-13-37)38-14-18-40(83-6)19-15-38/h7-19,24-27,41-52,73H,20-23,28-31H2,1-6H3,(H,65,74,78)(H,66,75,79)(H,67,76,80)(H,68,77,81)/t41-,42-,43-,44-,45+,46+,47+,48+,49+,50+,51+,52+,95?,96?,97?/m0/s1. The molecule has 0 aliphatic carbocycles. The Morgan fingerprint density at radius 3 is 1.07 bits per heavy atom. The molecule has 8 heterocycles. The molecule has 0 bridgehead atoms. The van der Waals surface area contributed by atoms with E-state index in [1.54, 1.807) is 24.3 Å². The Morgan fingerprint density at radius 1 is 0.450 bits per heavy atom. The van der Waals surface area contributed by atoms with Crippen LogP contribution in [0.15, 0.2) is 142 Å². The van der Waals surface area contributed by atoms with Gasteiger partial charge in [0.1, 0.15) is 0 Å². The summed E-state index contributed by atoms with van der Waals surface area (Å²) in [5.41, 5.74) is -5.12. The quantitative estimate of drug-likeness (QED) is 0.0266. The summed E-state index contributed by atoms with van der Waals surface area (Å²) < 4.78 is 134. The number of aliphatic hydroxyl groups excluding tert-OH is 1. The third-order valence-electron chi connectivity index (χ3n) is 17.2. The van der Waals surface area contributed by atoms with Crippen molar-refractivity contribution in [2.75, 3.05) is 40.6 Å². The summed E-state index contributed by atoms with van der Waals surface area (Å²) in [4.78, 5) is 111. The van der Waals surface area contributed by atoms with Gasteiger partial charge in [-0.15, -0.1) is 0 Å². The van der Waals surface area contributed by atoms with Crippen molar-refractivity contribution < 1.29 is 78.0 Å². The Morgan fingerprint density at radius 2 is 0.740 bits per heavy atom. The number of hydrogen-bond acceptors (Lipinski definition) is 22. The minimum absolute atomic E-state index is 0.0867. The monoisotopic (exact) mass is 1650 g/mol. The first-order valence-corrected chi connectivity index (χ1v) is 42.1. The van der Waals surface area contributed by atoms with Crippen molar-refractivity contribution in [3.8, 4) is 11.5 Å². The van der Waals surface area contributed by atoms with E-state index < -0.39 is 163 Å². The van der Waals surface area contributed by atoms with E-state index >= 15 is 12.6 Å². The van der Waals surface area contributed by atoms with E-state index in [4.69, 9.17) is 60.3 Å². The van der Waals surface area contributed by atoms with Crippen LogP contribution in [0.3, 0.4) is 0 Å². The Kier molecular flexibility index (Phi) is 23.5. The van der Waals surface area contributed by atoms with E-state index in [0.29, 0.717) is 28.2 Å². The van der Waals surface area contributed by atoms with Crippen molar-refractivity contribution in [2.24, 2.45) is 0 Å². The van der Waals surface area contributed by atoms with Crippen LogP contribution in [0.2, 0.25) is 0 Å². The van der Waals surface area contributed by atoms with E-state index in [0.717, 1.165) is 18.3 Å². The molecule has 4 aromatic heterocycles. The number of hydrogen-bond donors (Lipinski definition) is 5. The van der Waals surface area contributed by atoms with Crippen molar-refractivity contribution >= 4 is 64.1 Å². The number of aryl methyl sites for hydroxylation is 4. The van der Waals surface area contributed by atoms with Gasteiger partial charge in [-0.25, -0.2) is 0 Å². The maximum absolute atomic E-state index is 17.6. The zero-order valence-electron chi connectivity index (χ0n) is 53.9. The number of aromatic nitrogens is 8. The number of halogens is 3. The second-order valence-electron chi connectivity index (χ2n) is 23.9. The molecule has 4 saturated heterocycles. The molecule has 0 radical (unpaired) electrons. The number of aliphatic hydroxyl groups is 1. The SMILES string of the molecule is COc1ccc(C(OC[C@H]2O[C@@H](n3cc(C)c(=O)[nH]c3=O)C[C@@H]2OP(F)(=[Se])OC[C@H]2O[C@@H](n3cc(C)c(=O)[nH]c3=O)C[C@@H]2OP(F)(=[Se])OC[C@H]2O[C@@H](n3cc(C)c(=O)[nH]c3=O)C[C@@H]2OP(F)(=[Se])OC[C@H]2O[C@@H](n3cc(C)c(=O)[nH]c3=O)C[C@@H]2O)(c2ccccc2)c2ccc(OC)cc2)cc1. The molecule has 30 nitrogen and oxygen atoms in total. The Labute approximate surface area is 587 Å². The third kappa shape index (κ3) is 17.2. The van der Waals surface area contributed by atoms with Crippen molar-refractivity contribution in [1.82, 2.24) is 38.2 Å². The number of ether oxygens (including phenoxy) is 7. The molecule has 538 valence electrons. The summed E-state index contributed by atoms with van der Waals surface area (Å²) in [6.07, 6.45) is -26.0. The summed E-state index contributed by atoms with van der Waals surface area (Å²) in [6, 6.07) is 23.6. The number of nitrogens with zero attached hydrogens (tertiary/aromatic N) is 4. The molecule has 4 aliphatic heterocycles. The summed E-state index contributed by atoms with van der Waals surface area (Å²) >= 11 is 6.90. The first-order valence-electron chi connectivity index (χ1n) is 30.9. The zero-order valence-corrected chi connectivity index (χ0v) is 61.7. The predicted octanol–water partition coefficient (Wildman–Crippen LogP) is 4.61. The summed E-state index contributed by atoms with van der Waals surface area (Å²) in [5, 5.41) is 10.9. The maximum atomic E-state index is 17.6. The van der Waals surface area contributed by atoms with Gasteiger partial charge in [-0.2, -0.15) is 0 Å². The zero-order chi connectivity index (χ0) is 71.8. The van der Waals surface area contributed by atoms with Gasteiger partial charge in [-0.05, 0) is 0 Å². The molecule has 3 unspecified atom stereocenters. The molecule has 15 atom stereocenters. The van der Waals surface area contributed by atoms with Crippen LogP contribution in [-0.4, -0.2) is 178 Å². The third-order valence-corrected chi connectivity index (χ3v) is 23.7. The van der Waals surface area contributed by atoms with E-state index in [-0.39, 0.29) is 54.5 Å². The number of H-pyrrole nitrogens is 4. The van der Waals surface area contributed by atoms with Crippen molar-refractivity contribution in [3.63, 3.8) is 0 Å². The fraction of sp³-hybridized carbons (Fsp3) is 0.443. The number of rotatable bonds is 27. The molecule has 0 amide bonds. The molecule has 39 heteroatoms. The van der Waals surface area contributed by atoms with Gasteiger partial charge in [0.15, 0.2) is 0 Å². The fourth-order valence-electron chi connectivity index (χ4n) is 12.0. The number of methoxy groups -OCH3 is 2. The molecular formula is C61H68F3N8O22P3Se3. The van der Waals surface area contributed by atoms with Gasteiger partial charge in [0.2, 0.25) is 0 Å². The van der Waals surface area contributed by atoms with Crippen molar-refractivity contribution in [3.05, 3.63) is 226 Å². The summed E-state index contributed by atoms with van der Waals surface area (Å²) in [6.45, 7) is 3.23. The molecule has 5 N–H and O–H groups in total. The average Bonchev–Trinajstić information content (AvgIpc) is 0.964. The average molecular weight is 1650 g/mol. The molecule has 3 aromatic carbocycles. The van der Waals surface area contributed by atoms with E-state index in [2.05, 4.69) is 65.2 Å². The molecular weight excluding hydrogens is 1580 g/mol. The second kappa shape index (κ2) is 31.2. The van der Waals surface area contributed by atoms with E-state index in [9.17, 15) is 43.5 Å². The van der Waals surface area contributed by atoms with Gasteiger partial charge >= 0.3 is 577 Å².